The van der Waals surface area contributed by atoms with E-state index in [1.807, 2.05) is 30.3 Å². The summed E-state index contributed by atoms with van der Waals surface area (Å²) >= 11 is 0. The number of Topliss-reactive ketones (excluding diaryl/α,β-unsaturated/α-hetero) is 1. The monoisotopic (exact) mass is 360 g/mol. The van der Waals surface area contributed by atoms with Crippen molar-refractivity contribution in [1.82, 2.24) is 0 Å². The van der Waals surface area contributed by atoms with Crippen LogP contribution in [-0.4, -0.2) is 16.9 Å². The molecule has 0 aliphatic carbocycles. The van der Waals surface area contributed by atoms with E-state index in [0.29, 0.717) is 22.6 Å². The van der Waals surface area contributed by atoms with Crippen LogP contribution < -0.4 is 4.74 Å². The van der Waals surface area contributed by atoms with Crippen LogP contribution in [0.25, 0.3) is 0 Å². The number of carboxylic acid groups (broad SMARTS) is 1. The number of ketones is 1. The zero-order chi connectivity index (χ0) is 19.3. The fraction of sp³-hybridized carbons (Fsp3) is 0.130. The Morgan fingerprint density at radius 2 is 1.44 bits per heavy atom. The van der Waals surface area contributed by atoms with Gasteiger partial charge in [0.25, 0.3) is 0 Å². The second-order valence-corrected chi connectivity index (χ2v) is 6.20. The number of aliphatic carboxylic acids is 1. The van der Waals surface area contributed by atoms with E-state index in [1.54, 1.807) is 61.5 Å². The number of carbonyl (C=O) groups is 2. The average molecular weight is 360 g/mol. The maximum Gasteiger partial charge on any atom is 0.322 e. The van der Waals surface area contributed by atoms with Gasteiger partial charge in [0.1, 0.15) is 11.5 Å². The van der Waals surface area contributed by atoms with E-state index in [-0.39, 0.29) is 6.42 Å². The summed E-state index contributed by atoms with van der Waals surface area (Å²) in [5, 5.41) is 9.96. The first-order valence-corrected chi connectivity index (χ1v) is 8.74. The Hall–Kier alpha value is -3.40. The Morgan fingerprint density at radius 1 is 0.852 bits per heavy atom. The Morgan fingerprint density at radius 3 is 2.04 bits per heavy atom. The highest BCUT2D eigenvalue weighted by molar-refractivity contribution is 6.16. The number of carbonyl (C=O) groups excluding carboxylic acids is 1. The summed E-state index contributed by atoms with van der Waals surface area (Å²) < 4.78 is 5.78. The topological polar surface area (TPSA) is 63.6 Å². The number of benzene rings is 3. The lowest BCUT2D eigenvalue weighted by atomic mass is 9.72. The van der Waals surface area contributed by atoms with E-state index < -0.39 is 17.2 Å². The van der Waals surface area contributed by atoms with Gasteiger partial charge in [-0.25, -0.2) is 0 Å². The molecular formula is C23H20O4. The summed E-state index contributed by atoms with van der Waals surface area (Å²) in [5.74, 6) is -0.488. The standard InChI is InChI=1S/C23H20O4/c1-2-23(22(25)26,18-11-5-3-6-12-18)21(24)17-10-9-15-20(16-17)27-19-13-7-4-8-14-19/h3-16H,2H2,1H3,(H,25,26). The Balaban J connectivity index is 2.00. The van der Waals surface area contributed by atoms with Gasteiger partial charge in [-0.1, -0.05) is 67.6 Å². The first-order valence-electron chi connectivity index (χ1n) is 8.74. The van der Waals surface area contributed by atoms with Crippen LogP contribution in [0.15, 0.2) is 84.9 Å². The largest absolute Gasteiger partial charge is 0.480 e. The molecule has 4 heteroatoms. The molecule has 0 amide bonds. The summed E-state index contributed by atoms with van der Waals surface area (Å²) in [4.78, 5) is 25.5. The third-order valence-electron chi connectivity index (χ3n) is 4.62. The number of hydrogen-bond donors (Lipinski definition) is 1. The summed E-state index contributed by atoms with van der Waals surface area (Å²) in [7, 11) is 0. The molecule has 0 radical (unpaired) electrons. The zero-order valence-electron chi connectivity index (χ0n) is 15.0. The minimum Gasteiger partial charge on any atom is -0.480 e. The maximum absolute atomic E-state index is 13.3. The van der Waals surface area contributed by atoms with Gasteiger partial charge in [-0.15, -0.1) is 0 Å². The molecule has 1 unspecified atom stereocenters. The van der Waals surface area contributed by atoms with E-state index in [4.69, 9.17) is 4.74 Å². The van der Waals surface area contributed by atoms with E-state index in [2.05, 4.69) is 0 Å². The zero-order valence-corrected chi connectivity index (χ0v) is 15.0. The molecule has 0 spiro atoms. The van der Waals surface area contributed by atoms with Gasteiger partial charge in [0, 0.05) is 5.56 Å². The van der Waals surface area contributed by atoms with Gasteiger partial charge in [0.2, 0.25) is 0 Å². The predicted molar refractivity (Wildman–Crippen MR) is 103 cm³/mol. The van der Waals surface area contributed by atoms with Crippen molar-refractivity contribution in [3.8, 4) is 11.5 Å². The molecule has 0 saturated heterocycles. The molecular weight excluding hydrogens is 340 g/mol. The minimum atomic E-state index is -1.63. The minimum absolute atomic E-state index is 0.148. The van der Waals surface area contributed by atoms with E-state index in [1.165, 1.54) is 0 Å². The number of hydrogen-bond acceptors (Lipinski definition) is 3. The molecule has 1 N–H and O–H groups in total. The quantitative estimate of drug-likeness (QED) is 0.471. The number of rotatable bonds is 7. The summed E-state index contributed by atoms with van der Waals surface area (Å²) in [6.45, 7) is 1.71. The lowest BCUT2D eigenvalue weighted by Crippen LogP contribution is -2.43. The first-order chi connectivity index (χ1) is 13.1. The van der Waals surface area contributed by atoms with Crippen LogP contribution in [0.3, 0.4) is 0 Å². The van der Waals surface area contributed by atoms with Crippen molar-refractivity contribution in [1.29, 1.82) is 0 Å². The van der Waals surface area contributed by atoms with Crippen molar-refractivity contribution < 1.29 is 19.4 Å². The molecule has 136 valence electrons. The molecule has 1 atom stereocenters. The lowest BCUT2D eigenvalue weighted by molar-refractivity contribution is -0.141. The van der Waals surface area contributed by atoms with Crippen molar-refractivity contribution in [2.75, 3.05) is 0 Å². The number of para-hydroxylation sites is 1. The van der Waals surface area contributed by atoms with Crippen molar-refractivity contribution in [3.63, 3.8) is 0 Å². The molecule has 4 nitrogen and oxygen atoms in total. The van der Waals surface area contributed by atoms with Crippen molar-refractivity contribution in [2.45, 2.75) is 18.8 Å². The SMILES string of the molecule is CCC(C(=O)O)(C(=O)c1cccc(Oc2ccccc2)c1)c1ccccc1. The fourth-order valence-corrected chi connectivity index (χ4v) is 3.16. The highest BCUT2D eigenvalue weighted by Gasteiger charge is 2.46. The van der Waals surface area contributed by atoms with E-state index in [0.717, 1.165) is 0 Å². The fourth-order valence-electron chi connectivity index (χ4n) is 3.16. The van der Waals surface area contributed by atoms with Gasteiger partial charge < -0.3 is 9.84 Å². The molecule has 3 rings (SSSR count). The third kappa shape index (κ3) is 3.60. The average Bonchev–Trinajstić information content (AvgIpc) is 2.70. The van der Waals surface area contributed by atoms with Crippen molar-refractivity contribution in [2.24, 2.45) is 0 Å². The lowest BCUT2D eigenvalue weighted by Gasteiger charge is -2.27. The smallest absolute Gasteiger partial charge is 0.322 e. The van der Waals surface area contributed by atoms with E-state index in [9.17, 15) is 14.7 Å². The molecule has 0 aliphatic heterocycles. The highest BCUT2D eigenvalue weighted by Crippen LogP contribution is 2.34. The second kappa shape index (κ2) is 7.87. The van der Waals surface area contributed by atoms with Crippen LogP contribution in [-0.2, 0) is 10.2 Å². The predicted octanol–water partition coefficient (Wildman–Crippen LogP) is 5.09. The molecule has 0 heterocycles. The Kier molecular flexibility index (Phi) is 5.36. The Labute approximate surface area is 158 Å². The van der Waals surface area contributed by atoms with Crippen molar-refractivity contribution in [3.05, 3.63) is 96.1 Å². The van der Waals surface area contributed by atoms with Gasteiger partial charge >= 0.3 is 5.97 Å². The molecule has 0 bridgehead atoms. The van der Waals surface area contributed by atoms with Crippen molar-refractivity contribution >= 4 is 11.8 Å². The molecule has 0 fully saturated rings. The van der Waals surface area contributed by atoms with Gasteiger partial charge in [-0.3, -0.25) is 9.59 Å². The number of ether oxygens (including phenoxy) is 1. The molecule has 0 aromatic heterocycles. The van der Waals surface area contributed by atoms with Crippen LogP contribution in [0.2, 0.25) is 0 Å². The van der Waals surface area contributed by atoms with Crippen LogP contribution in [0.1, 0.15) is 29.3 Å². The maximum atomic E-state index is 13.3. The highest BCUT2D eigenvalue weighted by atomic mass is 16.5. The van der Waals surface area contributed by atoms with E-state index >= 15 is 0 Å². The van der Waals surface area contributed by atoms with Crippen LogP contribution in [0.4, 0.5) is 0 Å². The molecule has 3 aromatic carbocycles. The van der Waals surface area contributed by atoms with Crippen LogP contribution in [0, 0.1) is 0 Å². The van der Waals surface area contributed by atoms with Gasteiger partial charge in [-0.2, -0.15) is 0 Å². The third-order valence-corrected chi connectivity index (χ3v) is 4.62. The summed E-state index contributed by atoms with van der Waals surface area (Å²) in [5.41, 5.74) is -0.858. The van der Waals surface area contributed by atoms with Crippen LogP contribution in [0.5, 0.6) is 11.5 Å². The summed E-state index contributed by atoms with van der Waals surface area (Å²) in [6, 6.07) is 24.5. The second-order valence-electron chi connectivity index (χ2n) is 6.20. The number of carboxylic acids is 1. The van der Waals surface area contributed by atoms with Gasteiger partial charge in [0.05, 0.1) is 0 Å². The summed E-state index contributed by atoms with van der Waals surface area (Å²) in [6.07, 6.45) is 0.148. The van der Waals surface area contributed by atoms with Crippen LogP contribution >= 0.6 is 0 Å². The normalized spacial score (nSPS) is 12.8. The van der Waals surface area contributed by atoms with Gasteiger partial charge in [0.15, 0.2) is 11.2 Å². The molecule has 0 aliphatic rings. The first kappa shape index (κ1) is 18.4. The molecule has 3 aromatic rings. The Bertz CT molecular complexity index is 935. The molecule has 27 heavy (non-hydrogen) atoms. The van der Waals surface area contributed by atoms with Gasteiger partial charge in [-0.05, 0) is 36.2 Å². The molecule has 0 saturated carbocycles.